The summed E-state index contributed by atoms with van der Waals surface area (Å²) in [7, 11) is 0. The van der Waals surface area contributed by atoms with Gasteiger partial charge in [-0.25, -0.2) is 4.68 Å². The predicted octanol–water partition coefficient (Wildman–Crippen LogP) is 1.92. The van der Waals surface area contributed by atoms with Gasteiger partial charge in [0.25, 0.3) is 0 Å². The van der Waals surface area contributed by atoms with E-state index in [2.05, 4.69) is 15.4 Å². The van der Waals surface area contributed by atoms with E-state index in [0.717, 1.165) is 11.4 Å². The first-order valence-corrected chi connectivity index (χ1v) is 5.48. The number of nitrogens with zero attached hydrogens (tertiary/aromatic N) is 3. The molecule has 1 aromatic carbocycles. The first-order chi connectivity index (χ1) is 8.20. The van der Waals surface area contributed by atoms with Gasteiger partial charge in [-0.05, 0) is 6.92 Å². The largest absolute Gasteiger partial charge is 0.293 e. The van der Waals surface area contributed by atoms with Crippen LogP contribution in [0.3, 0.4) is 0 Å². The van der Waals surface area contributed by atoms with Gasteiger partial charge in [0.1, 0.15) is 0 Å². The van der Waals surface area contributed by atoms with Crippen molar-refractivity contribution in [2.75, 3.05) is 5.32 Å². The molecule has 5 nitrogen and oxygen atoms in total. The summed E-state index contributed by atoms with van der Waals surface area (Å²) in [6.07, 6.45) is 0. The van der Waals surface area contributed by atoms with Crippen molar-refractivity contribution in [1.82, 2.24) is 14.8 Å². The highest BCUT2D eigenvalue weighted by Gasteiger charge is 2.10. The van der Waals surface area contributed by atoms with Crippen LogP contribution in [-0.2, 0) is 11.3 Å². The quantitative estimate of drug-likeness (QED) is 0.876. The summed E-state index contributed by atoms with van der Waals surface area (Å²) < 4.78 is 1.76. The summed E-state index contributed by atoms with van der Waals surface area (Å²) in [5.41, 5.74) is 0.985. The third-order valence-corrected chi connectivity index (χ3v) is 2.29. The minimum absolute atomic E-state index is 0.169. The van der Waals surface area contributed by atoms with Crippen molar-refractivity contribution >= 4 is 11.9 Å². The fourth-order valence-electron chi connectivity index (χ4n) is 1.57. The number of carbonyl (C=O) groups is 1. The summed E-state index contributed by atoms with van der Waals surface area (Å²) in [5, 5.41) is 6.81. The minimum atomic E-state index is -0.169. The van der Waals surface area contributed by atoms with E-state index in [1.807, 2.05) is 37.3 Å². The van der Waals surface area contributed by atoms with Gasteiger partial charge in [-0.3, -0.25) is 10.1 Å². The highest BCUT2D eigenvalue weighted by Crippen LogP contribution is 2.18. The highest BCUT2D eigenvalue weighted by molar-refractivity contribution is 5.86. The number of amides is 1. The molecule has 0 spiro atoms. The summed E-state index contributed by atoms with van der Waals surface area (Å²) in [4.78, 5) is 15.3. The van der Waals surface area contributed by atoms with Gasteiger partial charge in [0, 0.05) is 19.0 Å². The lowest BCUT2D eigenvalue weighted by Crippen LogP contribution is -2.07. The maximum absolute atomic E-state index is 11.0. The van der Waals surface area contributed by atoms with Gasteiger partial charge in [0.2, 0.25) is 11.9 Å². The molecule has 0 radical (unpaired) electrons. The summed E-state index contributed by atoms with van der Waals surface area (Å²) in [5.74, 6) is 0.938. The molecule has 2 rings (SSSR count). The molecule has 0 saturated heterocycles. The number of carbonyl (C=O) groups excluding carboxylic acids is 1. The van der Waals surface area contributed by atoms with Crippen molar-refractivity contribution in [2.24, 2.45) is 0 Å². The number of aryl methyl sites for hydroxylation is 1. The summed E-state index contributed by atoms with van der Waals surface area (Å²) in [6.45, 7) is 4.13. The van der Waals surface area contributed by atoms with E-state index >= 15 is 0 Å². The zero-order valence-corrected chi connectivity index (χ0v) is 9.84. The van der Waals surface area contributed by atoms with Crippen LogP contribution >= 0.6 is 0 Å². The zero-order valence-electron chi connectivity index (χ0n) is 9.84. The normalized spacial score (nSPS) is 10.2. The molecule has 0 aliphatic heterocycles. The molecule has 17 heavy (non-hydrogen) atoms. The second-order valence-electron chi connectivity index (χ2n) is 3.62. The van der Waals surface area contributed by atoms with Crippen LogP contribution in [0.5, 0.6) is 0 Å². The van der Waals surface area contributed by atoms with Crippen LogP contribution in [0.25, 0.3) is 11.4 Å². The van der Waals surface area contributed by atoms with Crippen LogP contribution in [0, 0.1) is 0 Å². The number of rotatable bonds is 3. The lowest BCUT2D eigenvalue weighted by Gasteiger charge is -2.01. The lowest BCUT2D eigenvalue weighted by molar-refractivity contribution is -0.114. The molecule has 88 valence electrons. The molecule has 0 fully saturated rings. The Labute approximate surface area is 99.5 Å². The lowest BCUT2D eigenvalue weighted by atomic mass is 10.2. The van der Waals surface area contributed by atoms with E-state index in [-0.39, 0.29) is 5.91 Å². The number of hydrogen-bond acceptors (Lipinski definition) is 3. The third kappa shape index (κ3) is 2.50. The van der Waals surface area contributed by atoms with Gasteiger partial charge in [-0.2, -0.15) is 4.98 Å². The van der Waals surface area contributed by atoms with Gasteiger partial charge >= 0.3 is 0 Å². The molecular weight excluding hydrogens is 216 g/mol. The van der Waals surface area contributed by atoms with Gasteiger partial charge in [-0.1, -0.05) is 30.3 Å². The average Bonchev–Trinajstić information content (AvgIpc) is 2.72. The number of benzene rings is 1. The molecule has 0 atom stereocenters. The maximum atomic E-state index is 11.0. The molecule has 0 unspecified atom stereocenters. The average molecular weight is 230 g/mol. The van der Waals surface area contributed by atoms with Crippen LogP contribution in [0.1, 0.15) is 13.8 Å². The van der Waals surface area contributed by atoms with Gasteiger partial charge in [0.05, 0.1) is 0 Å². The molecule has 0 bridgehead atoms. The highest BCUT2D eigenvalue weighted by atomic mass is 16.1. The second-order valence-corrected chi connectivity index (χ2v) is 3.62. The second kappa shape index (κ2) is 4.78. The molecular formula is C12H14N4O. The molecule has 0 aliphatic rings. The maximum Gasteiger partial charge on any atom is 0.249 e. The monoisotopic (exact) mass is 230 g/mol. The van der Waals surface area contributed by atoms with Crippen molar-refractivity contribution in [3.05, 3.63) is 30.3 Å². The van der Waals surface area contributed by atoms with Gasteiger partial charge < -0.3 is 0 Å². The number of aromatic nitrogens is 3. The molecule has 1 N–H and O–H groups in total. The van der Waals surface area contributed by atoms with E-state index in [1.165, 1.54) is 6.92 Å². The van der Waals surface area contributed by atoms with Crippen molar-refractivity contribution in [3.63, 3.8) is 0 Å². The molecule has 1 heterocycles. The first-order valence-electron chi connectivity index (χ1n) is 5.48. The molecule has 0 saturated carbocycles. The van der Waals surface area contributed by atoms with Crippen LogP contribution in [0.2, 0.25) is 0 Å². The van der Waals surface area contributed by atoms with Crippen molar-refractivity contribution in [1.29, 1.82) is 0 Å². The Morgan fingerprint density at radius 3 is 2.65 bits per heavy atom. The van der Waals surface area contributed by atoms with Crippen molar-refractivity contribution in [2.45, 2.75) is 20.4 Å². The SMILES string of the molecule is CCn1nc(NC(C)=O)nc1-c1ccccc1. The standard InChI is InChI=1S/C12H14N4O/c1-3-16-11(10-7-5-4-6-8-10)14-12(15-16)13-9(2)17/h4-8H,3H2,1-2H3,(H,13,15,17). The Balaban J connectivity index is 2.39. The molecule has 1 amide bonds. The van der Waals surface area contributed by atoms with Crippen molar-refractivity contribution in [3.8, 4) is 11.4 Å². The van der Waals surface area contributed by atoms with E-state index in [9.17, 15) is 4.79 Å². The molecule has 2 aromatic rings. The molecule has 0 aliphatic carbocycles. The Kier molecular flexibility index (Phi) is 3.18. The van der Waals surface area contributed by atoms with Crippen LogP contribution in [0.4, 0.5) is 5.95 Å². The van der Waals surface area contributed by atoms with E-state index < -0.39 is 0 Å². The van der Waals surface area contributed by atoms with E-state index in [1.54, 1.807) is 4.68 Å². The number of nitrogens with one attached hydrogen (secondary N) is 1. The minimum Gasteiger partial charge on any atom is -0.293 e. The Bertz CT molecular complexity index is 519. The van der Waals surface area contributed by atoms with E-state index in [4.69, 9.17) is 0 Å². The molecule has 5 heteroatoms. The van der Waals surface area contributed by atoms with Crippen LogP contribution < -0.4 is 5.32 Å². The first kappa shape index (κ1) is 11.3. The number of anilines is 1. The van der Waals surface area contributed by atoms with E-state index in [0.29, 0.717) is 12.5 Å². The zero-order chi connectivity index (χ0) is 12.3. The Hall–Kier alpha value is -2.17. The fraction of sp³-hybridized carbons (Fsp3) is 0.250. The summed E-state index contributed by atoms with van der Waals surface area (Å²) >= 11 is 0. The summed E-state index contributed by atoms with van der Waals surface area (Å²) in [6, 6.07) is 9.77. The smallest absolute Gasteiger partial charge is 0.249 e. The fourth-order valence-corrected chi connectivity index (χ4v) is 1.57. The van der Waals surface area contributed by atoms with Gasteiger partial charge in [-0.15, -0.1) is 5.10 Å². The third-order valence-electron chi connectivity index (χ3n) is 2.29. The molecule has 1 aromatic heterocycles. The van der Waals surface area contributed by atoms with Crippen LogP contribution in [-0.4, -0.2) is 20.7 Å². The number of hydrogen-bond donors (Lipinski definition) is 1. The van der Waals surface area contributed by atoms with Crippen LogP contribution in [0.15, 0.2) is 30.3 Å². The van der Waals surface area contributed by atoms with Crippen molar-refractivity contribution < 1.29 is 4.79 Å². The Morgan fingerprint density at radius 1 is 1.35 bits per heavy atom. The predicted molar refractivity (Wildman–Crippen MR) is 65.4 cm³/mol. The Morgan fingerprint density at radius 2 is 2.06 bits per heavy atom. The van der Waals surface area contributed by atoms with Gasteiger partial charge in [0.15, 0.2) is 5.82 Å². The topological polar surface area (TPSA) is 59.8 Å².